The van der Waals surface area contributed by atoms with Gasteiger partial charge in [0, 0.05) is 5.56 Å². The van der Waals surface area contributed by atoms with Crippen molar-refractivity contribution < 1.29 is 4.79 Å². The lowest BCUT2D eigenvalue weighted by Crippen LogP contribution is -2.52. The Bertz CT molecular complexity index is 1450. The Balaban J connectivity index is 1.56. The van der Waals surface area contributed by atoms with Crippen LogP contribution in [0.15, 0.2) is 140 Å². The maximum Gasteiger partial charge on any atom is 0.180 e. The molecule has 0 bridgehead atoms. The number of carbonyl (C=O) groups is 1. The standard InChI is InChI=1S/C34H27NO/c36-33(26-16-6-2-7-17-26)32(24-25-14-4-1-5-15-25)35-34(27-18-8-3-9-19-27)30-22-12-10-20-28(30)29-21-11-13-23-31(29)34/h1-23,32,35H,24H2/t32-/m0/s1. The molecule has 1 atom stereocenters. The summed E-state index contributed by atoms with van der Waals surface area (Å²) in [6, 6.07) is 47.1. The molecule has 0 unspecified atom stereocenters. The van der Waals surface area contributed by atoms with E-state index in [0.29, 0.717) is 12.0 Å². The molecule has 6 rings (SSSR count). The number of carbonyl (C=O) groups excluding carboxylic acids is 1. The molecule has 36 heavy (non-hydrogen) atoms. The van der Waals surface area contributed by atoms with Crippen molar-refractivity contribution in [2.75, 3.05) is 0 Å². The van der Waals surface area contributed by atoms with Crippen LogP contribution in [0, 0.1) is 0 Å². The van der Waals surface area contributed by atoms with Crippen LogP contribution in [0.4, 0.5) is 0 Å². The van der Waals surface area contributed by atoms with Gasteiger partial charge in [0.05, 0.1) is 11.6 Å². The zero-order valence-electron chi connectivity index (χ0n) is 20.0. The largest absolute Gasteiger partial charge is 0.292 e. The molecule has 2 nitrogen and oxygen atoms in total. The van der Waals surface area contributed by atoms with Crippen LogP contribution in [0.3, 0.4) is 0 Å². The normalized spacial score (nSPS) is 14.0. The number of hydrogen-bond acceptors (Lipinski definition) is 2. The average molecular weight is 466 g/mol. The van der Waals surface area contributed by atoms with Crippen LogP contribution in [0.1, 0.15) is 32.6 Å². The molecular formula is C34H27NO. The van der Waals surface area contributed by atoms with Crippen molar-refractivity contribution in [3.63, 3.8) is 0 Å². The van der Waals surface area contributed by atoms with E-state index in [1.165, 1.54) is 22.3 Å². The van der Waals surface area contributed by atoms with Crippen molar-refractivity contribution in [3.8, 4) is 11.1 Å². The van der Waals surface area contributed by atoms with Gasteiger partial charge in [-0.15, -0.1) is 0 Å². The molecule has 174 valence electrons. The quantitative estimate of drug-likeness (QED) is 0.261. The minimum Gasteiger partial charge on any atom is -0.292 e. The molecule has 1 aliphatic carbocycles. The average Bonchev–Trinajstić information content (AvgIpc) is 3.24. The predicted octanol–water partition coefficient (Wildman–Crippen LogP) is 7.04. The van der Waals surface area contributed by atoms with Gasteiger partial charge in [-0.05, 0) is 39.8 Å². The lowest BCUT2D eigenvalue weighted by Gasteiger charge is -2.37. The maximum absolute atomic E-state index is 14.1. The van der Waals surface area contributed by atoms with E-state index in [2.05, 4.69) is 90.2 Å². The van der Waals surface area contributed by atoms with Crippen molar-refractivity contribution in [1.82, 2.24) is 5.32 Å². The second-order valence-electron chi connectivity index (χ2n) is 9.32. The molecule has 0 radical (unpaired) electrons. The number of hydrogen-bond donors (Lipinski definition) is 1. The Morgan fingerprint density at radius 3 is 1.64 bits per heavy atom. The number of nitrogens with one attached hydrogen (secondary N) is 1. The van der Waals surface area contributed by atoms with Crippen LogP contribution in [0.25, 0.3) is 11.1 Å². The molecule has 0 heterocycles. The van der Waals surface area contributed by atoms with Gasteiger partial charge in [0.25, 0.3) is 0 Å². The van der Waals surface area contributed by atoms with E-state index in [4.69, 9.17) is 0 Å². The first-order valence-electron chi connectivity index (χ1n) is 12.4. The van der Waals surface area contributed by atoms with Gasteiger partial charge in [0.1, 0.15) is 0 Å². The molecule has 0 aliphatic heterocycles. The highest BCUT2D eigenvalue weighted by Crippen LogP contribution is 2.51. The first-order chi connectivity index (χ1) is 17.8. The van der Waals surface area contributed by atoms with Crippen LogP contribution in [0.2, 0.25) is 0 Å². The van der Waals surface area contributed by atoms with Crippen molar-refractivity contribution in [3.05, 3.63) is 167 Å². The maximum atomic E-state index is 14.1. The third kappa shape index (κ3) is 3.77. The molecule has 0 spiro atoms. The molecule has 1 aliphatic rings. The Kier molecular flexibility index (Phi) is 5.80. The van der Waals surface area contributed by atoms with Crippen LogP contribution >= 0.6 is 0 Å². The third-order valence-corrected chi connectivity index (χ3v) is 7.21. The molecule has 0 saturated carbocycles. The minimum absolute atomic E-state index is 0.0941. The van der Waals surface area contributed by atoms with Gasteiger partial charge < -0.3 is 0 Å². The molecule has 0 amide bonds. The summed E-state index contributed by atoms with van der Waals surface area (Å²) in [4.78, 5) is 14.1. The number of Topliss-reactive ketones (excluding diaryl/α,β-unsaturated/α-hetero) is 1. The molecule has 0 aromatic heterocycles. The van der Waals surface area contributed by atoms with Crippen LogP contribution in [-0.2, 0) is 12.0 Å². The lowest BCUT2D eigenvalue weighted by atomic mass is 9.79. The van der Waals surface area contributed by atoms with Crippen LogP contribution < -0.4 is 5.32 Å². The fourth-order valence-corrected chi connectivity index (χ4v) is 5.60. The van der Waals surface area contributed by atoms with Gasteiger partial charge in [-0.25, -0.2) is 0 Å². The molecule has 5 aromatic carbocycles. The van der Waals surface area contributed by atoms with E-state index in [-0.39, 0.29) is 5.78 Å². The van der Waals surface area contributed by atoms with Crippen molar-refractivity contribution in [2.24, 2.45) is 0 Å². The zero-order valence-corrected chi connectivity index (χ0v) is 20.0. The van der Waals surface area contributed by atoms with Gasteiger partial charge in [-0.1, -0.05) is 140 Å². The van der Waals surface area contributed by atoms with Crippen molar-refractivity contribution in [2.45, 2.75) is 18.0 Å². The summed E-state index contributed by atoms with van der Waals surface area (Å²) in [5.41, 5.74) is 7.08. The summed E-state index contributed by atoms with van der Waals surface area (Å²) < 4.78 is 0. The zero-order chi connectivity index (χ0) is 24.4. The number of benzene rings is 5. The summed E-state index contributed by atoms with van der Waals surface area (Å²) in [5, 5.41) is 3.96. The Hall–Kier alpha value is -4.27. The summed E-state index contributed by atoms with van der Waals surface area (Å²) in [6.45, 7) is 0. The predicted molar refractivity (Wildman–Crippen MR) is 146 cm³/mol. The monoisotopic (exact) mass is 465 g/mol. The Labute approximate surface area is 212 Å². The van der Waals surface area contributed by atoms with Gasteiger partial charge in [-0.2, -0.15) is 0 Å². The molecule has 0 fully saturated rings. The highest BCUT2D eigenvalue weighted by Gasteiger charge is 2.46. The van der Waals surface area contributed by atoms with Crippen LogP contribution in [-0.4, -0.2) is 11.8 Å². The second kappa shape index (κ2) is 9.41. The minimum atomic E-state index is -0.654. The number of ketones is 1. The highest BCUT2D eigenvalue weighted by molar-refractivity contribution is 6.00. The molecule has 2 heteroatoms. The SMILES string of the molecule is O=C(c1ccccc1)[C@H](Cc1ccccc1)NC1(c2ccccc2)c2ccccc2-c2ccccc21. The highest BCUT2D eigenvalue weighted by atomic mass is 16.1. The van der Waals surface area contributed by atoms with Crippen molar-refractivity contribution in [1.29, 1.82) is 0 Å². The van der Waals surface area contributed by atoms with Gasteiger partial charge in [0.15, 0.2) is 5.78 Å². The fourth-order valence-electron chi connectivity index (χ4n) is 5.60. The van der Waals surface area contributed by atoms with E-state index >= 15 is 0 Å². The van der Waals surface area contributed by atoms with Gasteiger partial charge in [0.2, 0.25) is 0 Å². The first-order valence-corrected chi connectivity index (χ1v) is 12.4. The smallest absolute Gasteiger partial charge is 0.180 e. The second-order valence-corrected chi connectivity index (χ2v) is 9.32. The van der Waals surface area contributed by atoms with E-state index in [1.54, 1.807) is 0 Å². The molecule has 1 N–H and O–H groups in total. The summed E-state index contributed by atoms with van der Waals surface area (Å²) in [6.07, 6.45) is 0.591. The molecule has 5 aromatic rings. The van der Waals surface area contributed by atoms with E-state index in [1.807, 2.05) is 54.6 Å². The fraction of sp³-hybridized carbons (Fsp3) is 0.0882. The first kappa shape index (κ1) is 22.2. The summed E-state index contributed by atoms with van der Waals surface area (Å²) >= 11 is 0. The number of fused-ring (bicyclic) bond motifs is 3. The van der Waals surface area contributed by atoms with Gasteiger partial charge >= 0.3 is 0 Å². The van der Waals surface area contributed by atoms with E-state index in [0.717, 1.165) is 11.1 Å². The van der Waals surface area contributed by atoms with E-state index < -0.39 is 11.6 Å². The lowest BCUT2D eigenvalue weighted by molar-refractivity contribution is 0.0930. The van der Waals surface area contributed by atoms with Gasteiger partial charge in [-0.3, -0.25) is 10.1 Å². The molecule has 0 saturated heterocycles. The van der Waals surface area contributed by atoms with E-state index in [9.17, 15) is 4.79 Å². The summed E-state index contributed by atoms with van der Waals surface area (Å²) in [7, 11) is 0. The number of rotatable bonds is 7. The molecular weight excluding hydrogens is 438 g/mol. The third-order valence-electron chi connectivity index (χ3n) is 7.21. The summed E-state index contributed by atoms with van der Waals surface area (Å²) in [5.74, 6) is 0.0941. The van der Waals surface area contributed by atoms with Crippen LogP contribution in [0.5, 0.6) is 0 Å². The Morgan fingerprint density at radius 2 is 1.06 bits per heavy atom. The Morgan fingerprint density at radius 1 is 0.583 bits per heavy atom. The van der Waals surface area contributed by atoms with Crippen molar-refractivity contribution >= 4 is 5.78 Å². The topological polar surface area (TPSA) is 29.1 Å².